The summed E-state index contributed by atoms with van der Waals surface area (Å²) in [5.41, 5.74) is 2.06. The van der Waals surface area contributed by atoms with Crippen LogP contribution in [0.3, 0.4) is 0 Å². The minimum atomic E-state index is -0.491. The Morgan fingerprint density at radius 1 is 0.971 bits per heavy atom. The molecule has 2 amide bonds. The van der Waals surface area contributed by atoms with E-state index in [1.165, 1.54) is 23.9 Å². The number of rotatable bonds is 7. The Balaban J connectivity index is 1.37. The number of carbonyl (C=O) groups is 2. The fraction of sp³-hybridized carbons (Fsp3) is 0.0833. The van der Waals surface area contributed by atoms with Gasteiger partial charge in [0.15, 0.2) is 11.0 Å². The third kappa shape index (κ3) is 5.62. The summed E-state index contributed by atoms with van der Waals surface area (Å²) in [6, 6.07) is 19.8. The van der Waals surface area contributed by atoms with E-state index in [1.54, 1.807) is 60.1 Å². The lowest BCUT2D eigenvalue weighted by atomic mass is 10.1. The van der Waals surface area contributed by atoms with Crippen molar-refractivity contribution in [2.45, 2.75) is 5.16 Å². The maximum Gasteiger partial charge on any atom is 0.255 e. The van der Waals surface area contributed by atoms with Gasteiger partial charge in [0.25, 0.3) is 5.91 Å². The zero-order valence-electron chi connectivity index (χ0n) is 18.0. The summed E-state index contributed by atoms with van der Waals surface area (Å²) in [4.78, 5) is 24.5. The molecule has 0 radical (unpaired) electrons. The number of hydrogen-bond donors (Lipinski definition) is 2. The Labute approximate surface area is 204 Å². The van der Waals surface area contributed by atoms with E-state index in [-0.39, 0.29) is 23.3 Å². The van der Waals surface area contributed by atoms with E-state index in [1.807, 2.05) is 12.1 Å². The van der Waals surface area contributed by atoms with Gasteiger partial charge in [-0.15, -0.1) is 10.2 Å². The van der Waals surface area contributed by atoms with Crippen molar-refractivity contribution in [1.29, 1.82) is 0 Å². The lowest BCUT2D eigenvalue weighted by Crippen LogP contribution is -2.15. The Morgan fingerprint density at radius 3 is 2.38 bits per heavy atom. The van der Waals surface area contributed by atoms with Gasteiger partial charge in [0.2, 0.25) is 5.91 Å². The van der Waals surface area contributed by atoms with Crippen molar-refractivity contribution >= 4 is 46.6 Å². The van der Waals surface area contributed by atoms with Crippen LogP contribution in [0.4, 0.5) is 15.8 Å². The molecule has 10 heteroatoms. The molecule has 1 heterocycles. The molecule has 0 bridgehead atoms. The van der Waals surface area contributed by atoms with E-state index in [0.29, 0.717) is 27.3 Å². The molecular formula is C24H19ClFN5O2S. The average molecular weight is 496 g/mol. The van der Waals surface area contributed by atoms with Crippen LogP contribution in [0.25, 0.3) is 11.4 Å². The maximum absolute atomic E-state index is 13.7. The largest absolute Gasteiger partial charge is 0.323 e. The highest BCUT2D eigenvalue weighted by atomic mass is 35.5. The molecule has 2 N–H and O–H groups in total. The normalized spacial score (nSPS) is 10.7. The molecule has 0 saturated carbocycles. The molecule has 0 unspecified atom stereocenters. The van der Waals surface area contributed by atoms with E-state index in [4.69, 9.17) is 11.6 Å². The first kappa shape index (κ1) is 23.5. The van der Waals surface area contributed by atoms with Gasteiger partial charge < -0.3 is 15.2 Å². The third-order valence-electron chi connectivity index (χ3n) is 4.82. The zero-order valence-corrected chi connectivity index (χ0v) is 19.5. The van der Waals surface area contributed by atoms with Crippen LogP contribution in [0.1, 0.15) is 10.4 Å². The lowest BCUT2D eigenvalue weighted by Gasteiger charge is -2.08. The second-order valence-corrected chi connectivity index (χ2v) is 8.60. The topological polar surface area (TPSA) is 88.9 Å². The highest BCUT2D eigenvalue weighted by molar-refractivity contribution is 7.99. The number of nitrogens with one attached hydrogen (secondary N) is 2. The molecule has 1 aromatic heterocycles. The van der Waals surface area contributed by atoms with E-state index in [0.717, 1.165) is 5.56 Å². The van der Waals surface area contributed by atoms with Crippen LogP contribution in [0, 0.1) is 5.82 Å². The highest BCUT2D eigenvalue weighted by Gasteiger charge is 2.14. The monoisotopic (exact) mass is 495 g/mol. The first-order valence-electron chi connectivity index (χ1n) is 10.1. The van der Waals surface area contributed by atoms with Gasteiger partial charge in [-0.05, 0) is 60.7 Å². The van der Waals surface area contributed by atoms with Crippen LogP contribution in [0.5, 0.6) is 0 Å². The number of anilines is 2. The SMILES string of the molecule is Cn1c(SCC(=O)Nc2ccccc2F)nnc1-c1ccc(NC(=O)c2ccc(Cl)cc2)cc1. The van der Waals surface area contributed by atoms with Gasteiger partial charge in [0.05, 0.1) is 11.4 Å². The number of hydrogen-bond acceptors (Lipinski definition) is 5. The molecule has 3 aromatic carbocycles. The number of thioether (sulfide) groups is 1. The molecule has 34 heavy (non-hydrogen) atoms. The van der Waals surface area contributed by atoms with Crippen LogP contribution in [0.15, 0.2) is 78.0 Å². The molecule has 0 spiro atoms. The smallest absolute Gasteiger partial charge is 0.255 e. The van der Waals surface area contributed by atoms with E-state index in [2.05, 4.69) is 20.8 Å². The molecule has 0 atom stereocenters. The van der Waals surface area contributed by atoms with Crippen molar-refractivity contribution in [3.63, 3.8) is 0 Å². The Hall–Kier alpha value is -3.69. The molecule has 0 aliphatic rings. The number of amides is 2. The second-order valence-electron chi connectivity index (χ2n) is 7.22. The number of aromatic nitrogens is 3. The fourth-order valence-electron chi connectivity index (χ4n) is 3.08. The van der Waals surface area contributed by atoms with Gasteiger partial charge >= 0.3 is 0 Å². The van der Waals surface area contributed by atoms with Gasteiger partial charge in [0.1, 0.15) is 5.82 Å². The number of para-hydroxylation sites is 1. The predicted octanol–water partition coefficient (Wildman–Crippen LogP) is 5.26. The minimum Gasteiger partial charge on any atom is -0.323 e. The molecule has 4 aromatic rings. The van der Waals surface area contributed by atoms with E-state index in [9.17, 15) is 14.0 Å². The van der Waals surface area contributed by atoms with Crippen LogP contribution in [-0.4, -0.2) is 32.3 Å². The standard InChI is InChI=1S/C24H19ClFN5O2S/c1-31-22(29-30-24(31)34-14-21(32)28-20-5-3-2-4-19(20)26)15-8-12-18(13-9-15)27-23(33)16-6-10-17(25)11-7-16/h2-13H,14H2,1H3,(H,27,33)(H,28,32). The van der Waals surface area contributed by atoms with Gasteiger partial charge in [-0.25, -0.2) is 4.39 Å². The van der Waals surface area contributed by atoms with Crippen molar-refractivity contribution in [2.24, 2.45) is 7.05 Å². The predicted molar refractivity (Wildman–Crippen MR) is 132 cm³/mol. The summed E-state index contributed by atoms with van der Waals surface area (Å²) in [7, 11) is 1.79. The van der Waals surface area contributed by atoms with E-state index < -0.39 is 5.82 Å². The summed E-state index contributed by atoms with van der Waals surface area (Å²) in [5.74, 6) is -0.422. The zero-order chi connectivity index (χ0) is 24.1. The fourth-order valence-corrected chi connectivity index (χ4v) is 3.92. The van der Waals surface area contributed by atoms with Crippen LogP contribution < -0.4 is 10.6 Å². The first-order chi connectivity index (χ1) is 16.4. The van der Waals surface area contributed by atoms with Crippen molar-refractivity contribution in [2.75, 3.05) is 16.4 Å². The molecule has 172 valence electrons. The number of nitrogens with zero attached hydrogens (tertiary/aromatic N) is 3. The highest BCUT2D eigenvalue weighted by Crippen LogP contribution is 2.24. The molecule has 4 rings (SSSR count). The second kappa shape index (κ2) is 10.5. The van der Waals surface area contributed by atoms with Crippen molar-refractivity contribution in [3.05, 3.63) is 89.2 Å². The quantitative estimate of drug-likeness (QED) is 0.341. The molecule has 7 nitrogen and oxygen atoms in total. The third-order valence-corrected chi connectivity index (χ3v) is 6.09. The Morgan fingerprint density at radius 2 is 1.68 bits per heavy atom. The van der Waals surface area contributed by atoms with Gasteiger partial charge in [-0.3, -0.25) is 9.59 Å². The van der Waals surface area contributed by atoms with Crippen molar-refractivity contribution in [3.8, 4) is 11.4 Å². The summed E-state index contributed by atoms with van der Waals surface area (Å²) >= 11 is 7.06. The van der Waals surface area contributed by atoms with Crippen LogP contribution in [0.2, 0.25) is 5.02 Å². The Kier molecular flexibility index (Phi) is 7.24. The lowest BCUT2D eigenvalue weighted by molar-refractivity contribution is -0.113. The minimum absolute atomic E-state index is 0.0516. The molecule has 0 saturated heterocycles. The number of benzene rings is 3. The summed E-state index contributed by atoms with van der Waals surface area (Å²) < 4.78 is 15.5. The van der Waals surface area contributed by atoms with Gasteiger partial charge in [0, 0.05) is 28.9 Å². The van der Waals surface area contributed by atoms with Gasteiger partial charge in [-0.1, -0.05) is 35.5 Å². The van der Waals surface area contributed by atoms with Gasteiger partial charge in [-0.2, -0.15) is 0 Å². The first-order valence-corrected chi connectivity index (χ1v) is 11.5. The number of carbonyl (C=O) groups excluding carboxylic acids is 2. The summed E-state index contributed by atoms with van der Waals surface area (Å²) in [5, 5.41) is 14.8. The molecule has 0 aliphatic carbocycles. The van der Waals surface area contributed by atoms with Crippen LogP contribution >= 0.6 is 23.4 Å². The van der Waals surface area contributed by atoms with Crippen molar-refractivity contribution in [1.82, 2.24) is 14.8 Å². The van der Waals surface area contributed by atoms with E-state index >= 15 is 0 Å². The summed E-state index contributed by atoms with van der Waals surface area (Å²) in [6.45, 7) is 0. The Bertz CT molecular complexity index is 1330. The van der Waals surface area contributed by atoms with Crippen LogP contribution in [-0.2, 0) is 11.8 Å². The molecule has 0 fully saturated rings. The molecule has 0 aliphatic heterocycles. The average Bonchev–Trinajstić information content (AvgIpc) is 3.20. The maximum atomic E-state index is 13.7. The molecular weight excluding hydrogens is 477 g/mol. The number of halogens is 2. The van der Waals surface area contributed by atoms with Crippen molar-refractivity contribution < 1.29 is 14.0 Å². The summed E-state index contributed by atoms with van der Waals surface area (Å²) in [6.07, 6.45) is 0.